The van der Waals surface area contributed by atoms with Gasteiger partial charge in [0.05, 0.1) is 6.04 Å². The Bertz CT molecular complexity index is 518. The highest BCUT2D eigenvalue weighted by Crippen LogP contribution is 2.33. The Kier molecular flexibility index (Phi) is 5.20. The zero-order valence-corrected chi connectivity index (χ0v) is 14.0. The second kappa shape index (κ2) is 6.69. The third kappa shape index (κ3) is 3.28. The fourth-order valence-electron chi connectivity index (χ4n) is 2.21. The third-order valence-electron chi connectivity index (χ3n) is 3.65. The lowest BCUT2D eigenvalue weighted by Gasteiger charge is -2.17. The van der Waals surface area contributed by atoms with Crippen molar-refractivity contribution in [1.29, 1.82) is 0 Å². The van der Waals surface area contributed by atoms with Crippen molar-refractivity contribution in [3.63, 3.8) is 0 Å². The van der Waals surface area contributed by atoms with Gasteiger partial charge in [0.2, 0.25) is 0 Å². The van der Waals surface area contributed by atoms with Gasteiger partial charge in [0, 0.05) is 9.35 Å². The molecule has 1 nitrogen and oxygen atoms in total. The topological polar surface area (TPSA) is 12.0 Å². The average Bonchev–Trinajstić information content (AvgIpc) is 2.86. The van der Waals surface area contributed by atoms with Gasteiger partial charge in [0.1, 0.15) is 0 Å². The fourth-order valence-corrected chi connectivity index (χ4v) is 3.95. The van der Waals surface area contributed by atoms with Crippen LogP contribution in [0.4, 0.5) is 0 Å². The highest BCUT2D eigenvalue weighted by Gasteiger charge is 2.16. The van der Waals surface area contributed by atoms with Crippen molar-refractivity contribution in [2.75, 3.05) is 7.05 Å². The molecule has 0 aliphatic heterocycles. The molecule has 2 aromatic rings. The van der Waals surface area contributed by atoms with Crippen molar-refractivity contribution in [3.8, 4) is 0 Å². The van der Waals surface area contributed by atoms with Gasteiger partial charge in [-0.25, -0.2) is 0 Å². The van der Waals surface area contributed by atoms with E-state index in [0.717, 1.165) is 0 Å². The van der Waals surface area contributed by atoms with E-state index in [0.29, 0.717) is 5.92 Å². The molecule has 102 valence electrons. The second-order valence-electron chi connectivity index (χ2n) is 4.83. The molecule has 0 fully saturated rings. The quantitative estimate of drug-likeness (QED) is 0.777. The number of hydrogen-bond donors (Lipinski definition) is 1. The summed E-state index contributed by atoms with van der Waals surface area (Å²) in [6.45, 7) is 4.51. The number of nitrogens with one attached hydrogen (secondary N) is 1. The van der Waals surface area contributed by atoms with Crippen molar-refractivity contribution >= 4 is 27.3 Å². The van der Waals surface area contributed by atoms with E-state index in [9.17, 15) is 0 Å². The minimum absolute atomic E-state index is 0.264. The molecule has 1 heterocycles. The Morgan fingerprint density at radius 2 is 1.79 bits per heavy atom. The van der Waals surface area contributed by atoms with Gasteiger partial charge in [-0.05, 0) is 57.9 Å². The molecule has 2 rings (SSSR count). The molecule has 0 amide bonds. The van der Waals surface area contributed by atoms with Crippen LogP contribution in [-0.2, 0) is 0 Å². The molecule has 0 saturated carbocycles. The molecular formula is C16H20BrNS. The lowest BCUT2D eigenvalue weighted by Crippen LogP contribution is -2.16. The average molecular weight is 338 g/mol. The van der Waals surface area contributed by atoms with Crippen molar-refractivity contribution in [3.05, 3.63) is 56.2 Å². The van der Waals surface area contributed by atoms with Crippen LogP contribution in [-0.4, -0.2) is 7.05 Å². The Balaban J connectivity index is 2.27. The summed E-state index contributed by atoms with van der Waals surface area (Å²) in [5.74, 6) is 0.635. The van der Waals surface area contributed by atoms with E-state index in [2.05, 4.69) is 70.8 Å². The zero-order valence-electron chi connectivity index (χ0n) is 11.6. The number of rotatable bonds is 5. The van der Waals surface area contributed by atoms with Gasteiger partial charge in [-0.3, -0.25) is 0 Å². The van der Waals surface area contributed by atoms with E-state index in [-0.39, 0.29) is 6.04 Å². The Morgan fingerprint density at radius 3 is 2.26 bits per heavy atom. The van der Waals surface area contributed by atoms with Crippen LogP contribution in [0, 0.1) is 0 Å². The zero-order chi connectivity index (χ0) is 13.8. The van der Waals surface area contributed by atoms with Crippen LogP contribution in [0.25, 0.3) is 0 Å². The van der Waals surface area contributed by atoms with Crippen molar-refractivity contribution < 1.29 is 0 Å². The molecule has 0 aliphatic rings. The predicted octanol–water partition coefficient (Wildman–Crippen LogP) is 5.33. The van der Waals surface area contributed by atoms with Crippen LogP contribution in [0.15, 0.2) is 40.2 Å². The molecular weight excluding hydrogens is 318 g/mol. The molecule has 0 aliphatic carbocycles. The van der Waals surface area contributed by atoms with Crippen LogP contribution in [0.3, 0.4) is 0 Å². The van der Waals surface area contributed by atoms with Gasteiger partial charge < -0.3 is 5.32 Å². The van der Waals surface area contributed by atoms with Gasteiger partial charge >= 0.3 is 0 Å². The Morgan fingerprint density at radius 1 is 1.16 bits per heavy atom. The molecule has 1 aromatic heterocycles. The molecule has 1 N–H and O–H groups in total. The normalized spacial score (nSPS) is 14.3. The summed E-state index contributed by atoms with van der Waals surface area (Å²) in [5, 5.41) is 5.53. The first-order valence-corrected chi connectivity index (χ1v) is 8.34. The van der Waals surface area contributed by atoms with Crippen LogP contribution in [0.2, 0.25) is 0 Å². The summed E-state index contributed by atoms with van der Waals surface area (Å²) in [7, 11) is 2.01. The first kappa shape index (κ1) is 14.8. The smallest absolute Gasteiger partial charge is 0.0680 e. The Labute approximate surface area is 128 Å². The van der Waals surface area contributed by atoms with Crippen LogP contribution in [0.1, 0.15) is 48.2 Å². The van der Waals surface area contributed by atoms with E-state index in [1.54, 1.807) is 11.3 Å². The summed E-state index contributed by atoms with van der Waals surface area (Å²) in [5.41, 5.74) is 2.74. The molecule has 19 heavy (non-hydrogen) atoms. The maximum atomic E-state index is 3.62. The standard InChI is InChI=1S/C16H20BrNS/c1-4-11(2)12-5-7-13(8-6-12)15(18-3)16-14(17)9-10-19-16/h5-11,15,18H,4H2,1-3H3. The van der Waals surface area contributed by atoms with Crippen molar-refractivity contribution in [2.45, 2.75) is 32.2 Å². The monoisotopic (exact) mass is 337 g/mol. The van der Waals surface area contributed by atoms with E-state index < -0.39 is 0 Å². The molecule has 0 saturated heterocycles. The minimum atomic E-state index is 0.264. The fraction of sp³-hybridized carbons (Fsp3) is 0.375. The van der Waals surface area contributed by atoms with Gasteiger partial charge in [-0.1, -0.05) is 38.1 Å². The van der Waals surface area contributed by atoms with Gasteiger partial charge in [-0.15, -0.1) is 11.3 Å². The highest BCUT2D eigenvalue weighted by atomic mass is 79.9. The summed E-state index contributed by atoms with van der Waals surface area (Å²) in [6.07, 6.45) is 1.19. The van der Waals surface area contributed by atoms with E-state index in [4.69, 9.17) is 0 Å². The van der Waals surface area contributed by atoms with E-state index >= 15 is 0 Å². The number of thiophene rings is 1. The summed E-state index contributed by atoms with van der Waals surface area (Å²) in [4.78, 5) is 1.33. The number of hydrogen-bond acceptors (Lipinski definition) is 2. The first-order valence-electron chi connectivity index (χ1n) is 6.67. The van der Waals surface area contributed by atoms with Gasteiger partial charge in [0.25, 0.3) is 0 Å². The van der Waals surface area contributed by atoms with Crippen molar-refractivity contribution in [2.24, 2.45) is 0 Å². The SMILES string of the molecule is CCC(C)c1ccc(C(NC)c2sccc2Br)cc1. The van der Waals surface area contributed by atoms with Gasteiger partial charge in [-0.2, -0.15) is 0 Å². The maximum absolute atomic E-state index is 3.62. The molecule has 0 spiro atoms. The van der Waals surface area contributed by atoms with Gasteiger partial charge in [0.15, 0.2) is 0 Å². The molecule has 0 bridgehead atoms. The molecule has 1 aromatic carbocycles. The summed E-state index contributed by atoms with van der Waals surface area (Å²) < 4.78 is 1.18. The lowest BCUT2D eigenvalue weighted by molar-refractivity contribution is 0.697. The largest absolute Gasteiger partial charge is 0.309 e. The maximum Gasteiger partial charge on any atom is 0.0680 e. The third-order valence-corrected chi connectivity index (χ3v) is 5.58. The second-order valence-corrected chi connectivity index (χ2v) is 6.63. The summed E-state index contributed by atoms with van der Waals surface area (Å²) in [6, 6.07) is 11.4. The molecule has 2 unspecified atom stereocenters. The Hall–Kier alpha value is -0.640. The number of halogens is 1. The first-order chi connectivity index (χ1) is 9.17. The number of benzene rings is 1. The van der Waals surface area contributed by atoms with Crippen LogP contribution < -0.4 is 5.32 Å². The van der Waals surface area contributed by atoms with Crippen LogP contribution in [0.5, 0.6) is 0 Å². The van der Waals surface area contributed by atoms with E-state index in [1.807, 2.05) is 7.05 Å². The lowest BCUT2D eigenvalue weighted by atomic mass is 9.96. The van der Waals surface area contributed by atoms with Crippen LogP contribution >= 0.6 is 27.3 Å². The van der Waals surface area contributed by atoms with E-state index in [1.165, 1.54) is 26.9 Å². The molecule has 3 heteroatoms. The summed E-state index contributed by atoms with van der Waals surface area (Å²) >= 11 is 5.41. The highest BCUT2D eigenvalue weighted by molar-refractivity contribution is 9.10. The van der Waals surface area contributed by atoms with Crippen molar-refractivity contribution in [1.82, 2.24) is 5.32 Å². The molecule has 2 atom stereocenters. The minimum Gasteiger partial charge on any atom is -0.309 e. The molecule has 0 radical (unpaired) electrons. The predicted molar refractivity (Wildman–Crippen MR) is 88.1 cm³/mol.